The Kier molecular flexibility index (Phi) is 4.55. The quantitative estimate of drug-likeness (QED) is 0.806. The minimum atomic E-state index is -0.663. The Balaban J connectivity index is 2.22. The van der Waals surface area contributed by atoms with Crippen LogP contribution in [0.1, 0.15) is 17.2 Å². The summed E-state index contributed by atoms with van der Waals surface area (Å²) in [7, 11) is 0. The van der Waals surface area contributed by atoms with Crippen LogP contribution in [0.25, 0.3) is 0 Å². The molecule has 2 N–H and O–H groups in total. The minimum Gasteiger partial charge on any atom is -0.324 e. The third-order valence-electron chi connectivity index (χ3n) is 2.81. The predicted molar refractivity (Wildman–Crippen MR) is 76.1 cm³/mol. The fourth-order valence-corrected chi connectivity index (χ4v) is 2.22. The summed E-state index contributed by atoms with van der Waals surface area (Å²) in [6.45, 7) is 0. The molecule has 2 aromatic carbocycles. The van der Waals surface area contributed by atoms with Crippen LogP contribution in [0.2, 0.25) is 5.02 Å². The van der Waals surface area contributed by atoms with Crippen LogP contribution in [0.3, 0.4) is 0 Å². The van der Waals surface area contributed by atoms with Gasteiger partial charge in [0.25, 0.3) is 0 Å². The van der Waals surface area contributed by atoms with Crippen molar-refractivity contribution < 1.29 is 8.78 Å². The van der Waals surface area contributed by atoms with Crippen LogP contribution in [0.5, 0.6) is 0 Å². The van der Waals surface area contributed by atoms with Crippen LogP contribution in [-0.4, -0.2) is 0 Å². The summed E-state index contributed by atoms with van der Waals surface area (Å²) in [4.78, 5) is 0. The lowest BCUT2D eigenvalue weighted by atomic mass is 9.99. The van der Waals surface area contributed by atoms with Crippen molar-refractivity contribution in [3.8, 4) is 0 Å². The van der Waals surface area contributed by atoms with Gasteiger partial charge >= 0.3 is 0 Å². The van der Waals surface area contributed by atoms with Crippen molar-refractivity contribution >= 4 is 27.5 Å². The van der Waals surface area contributed by atoms with Gasteiger partial charge in [0.15, 0.2) is 0 Å². The highest BCUT2D eigenvalue weighted by molar-refractivity contribution is 9.10. The molecule has 19 heavy (non-hydrogen) atoms. The number of hydrogen-bond acceptors (Lipinski definition) is 1. The largest absolute Gasteiger partial charge is 0.324 e. The highest BCUT2D eigenvalue weighted by Crippen LogP contribution is 2.25. The smallest absolute Gasteiger partial charge is 0.142 e. The Morgan fingerprint density at radius 2 is 1.74 bits per heavy atom. The first-order valence-corrected chi connectivity index (χ1v) is 6.79. The van der Waals surface area contributed by atoms with E-state index in [1.807, 2.05) is 24.3 Å². The van der Waals surface area contributed by atoms with Crippen LogP contribution in [-0.2, 0) is 6.42 Å². The van der Waals surface area contributed by atoms with Gasteiger partial charge in [0.05, 0.1) is 5.02 Å². The standard InChI is InChI=1S/C14H11BrClF2N/c15-9-3-1-8(2-4-9)5-14(19)10-6-13(18)11(16)7-12(10)17/h1-4,6-7,14H,5,19H2. The van der Waals surface area contributed by atoms with E-state index in [1.54, 1.807) is 0 Å². The van der Waals surface area contributed by atoms with Gasteiger partial charge < -0.3 is 5.73 Å². The van der Waals surface area contributed by atoms with Gasteiger partial charge in [-0.1, -0.05) is 39.7 Å². The van der Waals surface area contributed by atoms with Crippen LogP contribution < -0.4 is 5.73 Å². The highest BCUT2D eigenvalue weighted by atomic mass is 79.9. The maximum Gasteiger partial charge on any atom is 0.142 e. The van der Waals surface area contributed by atoms with Crippen molar-refractivity contribution in [3.63, 3.8) is 0 Å². The molecule has 0 aromatic heterocycles. The summed E-state index contributed by atoms with van der Waals surface area (Å²) >= 11 is 8.84. The van der Waals surface area contributed by atoms with E-state index >= 15 is 0 Å². The molecule has 1 unspecified atom stereocenters. The average molecular weight is 347 g/mol. The number of rotatable bonds is 3. The van der Waals surface area contributed by atoms with Crippen molar-refractivity contribution in [1.82, 2.24) is 0 Å². The van der Waals surface area contributed by atoms with Crippen LogP contribution >= 0.6 is 27.5 Å². The first kappa shape index (κ1) is 14.4. The minimum absolute atomic E-state index is 0.129. The lowest BCUT2D eigenvalue weighted by Gasteiger charge is -2.14. The fraction of sp³-hybridized carbons (Fsp3) is 0.143. The van der Waals surface area contributed by atoms with Crippen LogP contribution in [0, 0.1) is 11.6 Å². The van der Waals surface area contributed by atoms with Crippen molar-refractivity contribution in [2.75, 3.05) is 0 Å². The zero-order valence-corrected chi connectivity index (χ0v) is 12.2. The number of benzene rings is 2. The van der Waals surface area contributed by atoms with Crippen molar-refractivity contribution in [2.45, 2.75) is 12.5 Å². The van der Waals surface area contributed by atoms with Gasteiger partial charge in [-0.25, -0.2) is 8.78 Å². The molecule has 0 saturated heterocycles. The molecule has 0 spiro atoms. The van der Waals surface area contributed by atoms with Gasteiger partial charge in [-0.05, 0) is 36.2 Å². The van der Waals surface area contributed by atoms with Gasteiger partial charge in [0.2, 0.25) is 0 Å². The number of hydrogen-bond donors (Lipinski definition) is 1. The van der Waals surface area contributed by atoms with E-state index < -0.39 is 17.7 Å². The Morgan fingerprint density at radius 1 is 1.11 bits per heavy atom. The molecule has 0 bridgehead atoms. The summed E-state index contributed by atoms with van der Waals surface area (Å²) in [5.41, 5.74) is 7.00. The molecule has 0 radical (unpaired) electrons. The molecule has 0 amide bonds. The summed E-state index contributed by atoms with van der Waals surface area (Å²) in [6, 6.07) is 8.91. The van der Waals surface area contributed by atoms with E-state index in [9.17, 15) is 8.78 Å². The first-order valence-electron chi connectivity index (χ1n) is 5.62. The van der Waals surface area contributed by atoms with Crippen LogP contribution in [0.4, 0.5) is 8.78 Å². The topological polar surface area (TPSA) is 26.0 Å². The van der Waals surface area contributed by atoms with Crippen molar-refractivity contribution in [3.05, 3.63) is 68.7 Å². The molecule has 1 nitrogen and oxygen atoms in total. The SMILES string of the molecule is NC(Cc1ccc(Br)cc1)c1cc(F)c(Cl)cc1F. The van der Waals surface area contributed by atoms with Crippen molar-refractivity contribution in [1.29, 1.82) is 0 Å². The molecule has 100 valence electrons. The maximum atomic E-state index is 13.7. The number of nitrogens with two attached hydrogens (primary N) is 1. The molecule has 0 fully saturated rings. The highest BCUT2D eigenvalue weighted by Gasteiger charge is 2.15. The monoisotopic (exact) mass is 345 g/mol. The van der Waals surface area contributed by atoms with Gasteiger partial charge in [-0.15, -0.1) is 0 Å². The van der Waals surface area contributed by atoms with E-state index in [0.29, 0.717) is 6.42 Å². The second-order valence-electron chi connectivity index (χ2n) is 4.22. The molecule has 0 aliphatic rings. The average Bonchev–Trinajstić information content (AvgIpc) is 2.36. The molecule has 5 heteroatoms. The summed E-state index contributed by atoms with van der Waals surface area (Å²) in [5, 5.41) is -0.239. The van der Waals surface area contributed by atoms with E-state index in [4.69, 9.17) is 17.3 Å². The molecular weight excluding hydrogens is 336 g/mol. The van der Waals surface area contributed by atoms with E-state index in [0.717, 1.165) is 22.2 Å². The Hall–Kier alpha value is -0.970. The molecule has 1 atom stereocenters. The summed E-state index contributed by atoms with van der Waals surface area (Å²) in [5.74, 6) is -1.25. The van der Waals surface area contributed by atoms with Crippen molar-refractivity contribution in [2.24, 2.45) is 5.73 Å². The molecule has 0 aliphatic carbocycles. The predicted octanol–water partition coefficient (Wildman–Crippen LogP) is 4.62. The van der Waals surface area contributed by atoms with Gasteiger partial charge in [-0.3, -0.25) is 0 Å². The molecule has 2 aromatic rings. The lowest BCUT2D eigenvalue weighted by molar-refractivity contribution is 0.561. The van der Waals surface area contributed by atoms with Gasteiger partial charge in [0, 0.05) is 16.1 Å². The zero-order chi connectivity index (χ0) is 14.0. The molecule has 0 heterocycles. The van der Waals surface area contributed by atoms with Gasteiger partial charge in [0.1, 0.15) is 11.6 Å². The second-order valence-corrected chi connectivity index (χ2v) is 5.55. The third kappa shape index (κ3) is 3.53. The van der Waals surface area contributed by atoms with Crippen LogP contribution in [0.15, 0.2) is 40.9 Å². The zero-order valence-electron chi connectivity index (χ0n) is 9.84. The van der Waals surface area contributed by atoms with E-state index in [1.165, 1.54) is 0 Å². The van der Waals surface area contributed by atoms with Gasteiger partial charge in [-0.2, -0.15) is 0 Å². The molecule has 0 aliphatic heterocycles. The molecule has 2 rings (SSSR count). The Labute approximate surface area is 123 Å². The fourth-order valence-electron chi connectivity index (χ4n) is 1.81. The number of halogens is 4. The van der Waals surface area contributed by atoms with E-state index in [-0.39, 0.29) is 10.6 Å². The third-order valence-corrected chi connectivity index (χ3v) is 3.63. The Morgan fingerprint density at radius 3 is 2.37 bits per heavy atom. The summed E-state index contributed by atoms with van der Waals surface area (Å²) in [6.07, 6.45) is 0.422. The normalized spacial score (nSPS) is 12.5. The molecular formula is C14H11BrClF2N. The Bertz CT molecular complexity index is 587. The maximum absolute atomic E-state index is 13.7. The molecule has 0 saturated carbocycles. The first-order chi connectivity index (χ1) is 8.97. The summed E-state index contributed by atoms with van der Waals surface area (Å²) < 4.78 is 28.0. The van der Waals surface area contributed by atoms with E-state index in [2.05, 4.69) is 15.9 Å². The lowest BCUT2D eigenvalue weighted by Crippen LogP contribution is -2.15. The second kappa shape index (κ2) is 5.99.